The molecule has 134 valence electrons. The molecule has 0 spiro atoms. The first-order valence-corrected chi connectivity index (χ1v) is 8.80. The smallest absolute Gasteiger partial charge is 0.261 e. The Morgan fingerprint density at radius 3 is 2.58 bits per heavy atom. The molecule has 2 aromatic heterocycles. The summed E-state index contributed by atoms with van der Waals surface area (Å²) in [7, 11) is 0. The van der Waals surface area contributed by atoms with Gasteiger partial charge in [0, 0.05) is 24.1 Å². The number of nitrogens with one attached hydrogen (secondary N) is 1. The number of hydrogen-bond acceptors (Lipinski definition) is 3. The Hall–Kier alpha value is -2.95. The molecule has 0 bridgehead atoms. The molecule has 0 fully saturated rings. The van der Waals surface area contributed by atoms with Gasteiger partial charge >= 0.3 is 0 Å². The third-order valence-corrected chi connectivity index (χ3v) is 4.53. The minimum absolute atomic E-state index is 0.134. The lowest BCUT2D eigenvalue weighted by molar-refractivity contribution is 0.102. The maximum atomic E-state index is 12.8. The number of nitrogens with zero attached hydrogens (tertiary/aromatic N) is 2. The summed E-state index contributed by atoms with van der Waals surface area (Å²) < 4.78 is 1.89. The molecule has 1 N–H and O–H groups in total. The Balaban J connectivity index is 2.07. The van der Waals surface area contributed by atoms with Crippen LogP contribution in [0.4, 0.5) is 5.69 Å². The van der Waals surface area contributed by atoms with Crippen molar-refractivity contribution in [1.29, 1.82) is 0 Å². The molecule has 0 unspecified atom stereocenters. The average molecular weight is 349 g/mol. The van der Waals surface area contributed by atoms with Crippen LogP contribution in [0.15, 0.2) is 41.3 Å². The second kappa shape index (κ2) is 7.12. The van der Waals surface area contributed by atoms with Gasteiger partial charge in [0.05, 0.1) is 5.39 Å². The first-order valence-electron chi connectivity index (χ1n) is 8.80. The van der Waals surface area contributed by atoms with Crippen molar-refractivity contribution in [2.24, 2.45) is 0 Å². The van der Waals surface area contributed by atoms with Crippen molar-refractivity contribution in [2.75, 3.05) is 5.32 Å². The molecule has 1 amide bonds. The van der Waals surface area contributed by atoms with Gasteiger partial charge in [-0.15, -0.1) is 0 Å². The Bertz CT molecular complexity index is 1050. The fourth-order valence-corrected chi connectivity index (χ4v) is 2.95. The summed E-state index contributed by atoms with van der Waals surface area (Å²) in [6.07, 6.45) is 2.50. The van der Waals surface area contributed by atoms with Crippen molar-refractivity contribution in [2.45, 2.75) is 40.7 Å². The lowest BCUT2D eigenvalue weighted by Crippen LogP contribution is -2.24. The van der Waals surface area contributed by atoms with Crippen LogP contribution in [0.5, 0.6) is 0 Å². The molecular weight excluding hydrogens is 326 g/mol. The van der Waals surface area contributed by atoms with E-state index in [-0.39, 0.29) is 11.0 Å². The number of rotatable bonds is 4. The molecule has 26 heavy (non-hydrogen) atoms. The average Bonchev–Trinajstić information content (AvgIpc) is 2.60. The minimum Gasteiger partial charge on any atom is -0.331 e. The largest absolute Gasteiger partial charge is 0.331 e. The molecule has 0 aliphatic rings. The van der Waals surface area contributed by atoms with Gasteiger partial charge in [-0.2, -0.15) is 0 Å². The summed E-state index contributed by atoms with van der Waals surface area (Å²) in [5.41, 5.74) is 4.23. The van der Waals surface area contributed by atoms with Crippen molar-refractivity contribution in [3.63, 3.8) is 0 Å². The number of fused-ring (bicyclic) bond motifs is 1. The fraction of sp³-hybridized carbons (Fsp3) is 0.286. The van der Waals surface area contributed by atoms with E-state index in [1.54, 1.807) is 18.3 Å². The zero-order chi connectivity index (χ0) is 18.8. The van der Waals surface area contributed by atoms with Crippen LogP contribution in [0.25, 0.3) is 11.0 Å². The summed E-state index contributed by atoms with van der Waals surface area (Å²) in [4.78, 5) is 30.1. The van der Waals surface area contributed by atoms with Crippen molar-refractivity contribution in [1.82, 2.24) is 9.55 Å². The Morgan fingerprint density at radius 2 is 1.88 bits per heavy atom. The summed E-state index contributed by atoms with van der Waals surface area (Å²) in [5, 5.41) is 3.31. The maximum Gasteiger partial charge on any atom is 0.261 e. The zero-order valence-corrected chi connectivity index (χ0v) is 15.6. The SMILES string of the molecule is CCCn1cc(C(=O)Nc2ccc(C)c(C)c2)c(=O)c2ccc(C)nc21. The van der Waals surface area contributed by atoms with Crippen LogP contribution in [0, 0.1) is 20.8 Å². The van der Waals surface area contributed by atoms with E-state index >= 15 is 0 Å². The number of pyridine rings is 2. The van der Waals surface area contributed by atoms with Crippen molar-refractivity contribution < 1.29 is 4.79 Å². The van der Waals surface area contributed by atoms with Crippen molar-refractivity contribution in [3.8, 4) is 0 Å². The molecule has 3 rings (SSSR count). The first kappa shape index (κ1) is 17.9. The zero-order valence-electron chi connectivity index (χ0n) is 15.6. The second-order valence-electron chi connectivity index (χ2n) is 6.64. The number of aryl methyl sites for hydroxylation is 4. The number of amides is 1. The van der Waals surface area contributed by atoms with E-state index in [1.807, 2.05) is 43.5 Å². The molecule has 0 aliphatic carbocycles. The summed E-state index contributed by atoms with van der Waals surface area (Å²) in [6.45, 7) is 8.64. The van der Waals surface area contributed by atoms with Crippen molar-refractivity contribution in [3.05, 3.63) is 69.1 Å². The summed E-state index contributed by atoms with van der Waals surface area (Å²) in [5.74, 6) is -0.398. The summed E-state index contributed by atoms with van der Waals surface area (Å²) in [6, 6.07) is 9.25. The van der Waals surface area contributed by atoms with E-state index in [0.717, 1.165) is 23.2 Å². The van der Waals surface area contributed by atoms with E-state index in [4.69, 9.17) is 0 Å². The van der Waals surface area contributed by atoms with E-state index in [1.165, 1.54) is 0 Å². The molecule has 5 heteroatoms. The molecule has 5 nitrogen and oxygen atoms in total. The molecule has 3 aromatic rings. The lowest BCUT2D eigenvalue weighted by atomic mass is 10.1. The monoisotopic (exact) mass is 349 g/mol. The topological polar surface area (TPSA) is 64.0 Å². The number of carbonyl (C=O) groups excluding carboxylic acids is 1. The Morgan fingerprint density at radius 1 is 1.12 bits per heavy atom. The fourth-order valence-electron chi connectivity index (χ4n) is 2.95. The number of carbonyl (C=O) groups is 1. The quantitative estimate of drug-likeness (QED) is 0.775. The van der Waals surface area contributed by atoms with Gasteiger partial charge in [0.15, 0.2) is 0 Å². The third kappa shape index (κ3) is 3.38. The van der Waals surface area contributed by atoms with Crippen LogP contribution in [-0.4, -0.2) is 15.5 Å². The highest BCUT2D eigenvalue weighted by Crippen LogP contribution is 2.16. The molecule has 0 radical (unpaired) electrons. The van der Waals surface area contributed by atoms with Crippen molar-refractivity contribution >= 4 is 22.6 Å². The van der Waals surface area contributed by atoms with Crippen LogP contribution >= 0.6 is 0 Å². The lowest BCUT2D eigenvalue weighted by Gasteiger charge is -2.13. The number of benzene rings is 1. The van der Waals surface area contributed by atoms with Gasteiger partial charge in [-0.05, 0) is 62.6 Å². The maximum absolute atomic E-state index is 12.8. The Labute approximate surface area is 152 Å². The molecule has 0 saturated heterocycles. The number of aromatic nitrogens is 2. The molecule has 0 aliphatic heterocycles. The summed E-state index contributed by atoms with van der Waals surface area (Å²) >= 11 is 0. The molecular formula is C21H23N3O2. The first-order chi connectivity index (χ1) is 12.4. The molecule has 0 atom stereocenters. The van der Waals surface area contributed by atoms with Gasteiger partial charge in [0.2, 0.25) is 5.43 Å². The Kier molecular flexibility index (Phi) is 4.89. The van der Waals surface area contributed by atoms with Crippen LogP contribution < -0.4 is 10.7 Å². The second-order valence-corrected chi connectivity index (χ2v) is 6.64. The van der Waals surface area contributed by atoms with Gasteiger partial charge in [-0.25, -0.2) is 4.98 Å². The van der Waals surface area contributed by atoms with E-state index in [2.05, 4.69) is 17.2 Å². The van der Waals surface area contributed by atoms with Gasteiger partial charge in [0.25, 0.3) is 5.91 Å². The van der Waals surface area contributed by atoms with Gasteiger partial charge in [0.1, 0.15) is 11.2 Å². The molecule has 2 heterocycles. The van der Waals surface area contributed by atoms with Gasteiger partial charge < -0.3 is 9.88 Å². The van der Waals surface area contributed by atoms with Crippen LogP contribution in [0.2, 0.25) is 0 Å². The normalized spacial score (nSPS) is 10.9. The highest BCUT2D eigenvalue weighted by molar-refractivity contribution is 6.05. The van der Waals surface area contributed by atoms with Gasteiger partial charge in [-0.1, -0.05) is 13.0 Å². The highest BCUT2D eigenvalue weighted by atomic mass is 16.2. The van der Waals surface area contributed by atoms with Gasteiger partial charge in [-0.3, -0.25) is 9.59 Å². The minimum atomic E-state index is -0.398. The predicted molar refractivity (Wildman–Crippen MR) is 105 cm³/mol. The number of anilines is 1. The number of hydrogen-bond donors (Lipinski definition) is 1. The highest BCUT2D eigenvalue weighted by Gasteiger charge is 2.16. The standard InChI is InChI=1S/C21H23N3O2/c1-5-10-24-12-18(19(25)17-9-7-15(4)22-20(17)24)21(26)23-16-8-6-13(2)14(3)11-16/h6-9,11-12H,5,10H2,1-4H3,(H,23,26). The molecule has 0 saturated carbocycles. The van der Waals surface area contributed by atoms with E-state index in [0.29, 0.717) is 23.3 Å². The third-order valence-electron chi connectivity index (χ3n) is 4.53. The van der Waals surface area contributed by atoms with Crippen LogP contribution in [-0.2, 0) is 6.54 Å². The van der Waals surface area contributed by atoms with E-state index in [9.17, 15) is 9.59 Å². The predicted octanol–water partition coefficient (Wildman–Crippen LogP) is 3.98. The van der Waals surface area contributed by atoms with Crippen LogP contribution in [0.1, 0.15) is 40.5 Å². The van der Waals surface area contributed by atoms with Crippen LogP contribution in [0.3, 0.4) is 0 Å². The molecule has 1 aromatic carbocycles. The van der Waals surface area contributed by atoms with E-state index < -0.39 is 5.91 Å².